The van der Waals surface area contributed by atoms with Crippen LogP contribution in [0.15, 0.2) is 30.3 Å². The molecule has 1 saturated heterocycles. The van der Waals surface area contributed by atoms with Crippen molar-refractivity contribution < 1.29 is 4.79 Å². The lowest BCUT2D eigenvalue weighted by atomic mass is 10.0. The van der Waals surface area contributed by atoms with Crippen LogP contribution in [-0.2, 0) is 11.2 Å². The van der Waals surface area contributed by atoms with E-state index in [2.05, 4.69) is 17.4 Å². The Bertz CT molecular complexity index is 421. The van der Waals surface area contributed by atoms with Crippen molar-refractivity contribution in [3.8, 4) is 0 Å². The average molecular weight is 307 g/mol. The highest BCUT2D eigenvalue weighted by atomic mass is 32.2. The predicted octanol–water partition coefficient (Wildman–Crippen LogP) is 1.11. The van der Waals surface area contributed by atoms with Crippen LogP contribution in [0.2, 0.25) is 0 Å². The van der Waals surface area contributed by atoms with Crippen LogP contribution in [0, 0.1) is 0 Å². The molecule has 5 heteroatoms. The van der Waals surface area contributed by atoms with Gasteiger partial charge in [-0.15, -0.1) is 0 Å². The normalized spacial score (nSPS) is 16.7. The van der Waals surface area contributed by atoms with E-state index in [1.807, 2.05) is 34.9 Å². The van der Waals surface area contributed by atoms with Crippen molar-refractivity contribution in [1.29, 1.82) is 0 Å². The van der Waals surface area contributed by atoms with Crippen molar-refractivity contribution in [3.05, 3.63) is 35.9 Å². The number of amides is 1. The molecule has 1 atom stereocenters. The zero-order chi connectivity index (χ0) is 14.9. The third-order valence-corrected chi connectivity index (χ3v) is 4.62. The van der Waals surface area contributed by atoms with Gasteiger partial charge in [0, 0.05) is 24.6 Å². The van der Waals surface area contributed by atoms with E-state index in [1.54, 1.807) is 0 Å². The summed E-state index contributed by atoms with van der Waals surface area (Å²) in [6, 6.07) is 10.1. The second kappa shape index (κ2) is 9.07. The van der Waals surface area contributed by atoms with Crippen molar-refractivity contribution in [2.45, 2.75) is 18.9 Å². The molecule has 0 aromatic heterocycles. The predicted molar refractivity (Wildman–Crippen MR) is 89.5 cm³/mol. The molecule has 1 aliphatic heterocycles. The molecule has 1 aromatic rings. The average Bonchev–Trinajstić information content (AvgIpc) is 2.55. The second-order valence-electron chi connectivity index (χ2n) is 5.28. The molecule has 1 heterocycles. The molecule has 0 saturated carbocycles. The number of nitrogens with two attached hydrogens (primary N) is 1. The van der Waals surface area contributed by atoms with Gasteiger partial charge in [0.1, 0.15) is 0 Å². The van der Waals surface area contributed by atoms with Gasteiger partial charge in [-0.2, -0.15) is 11.8 Å². The summed E-state index contributed by atoms with van der Waals surface area (Å²) >= 11 is 1.92. The Balaban J connectivity index is 1.98. The number of nitrogens with one attached hydrogen (secondary N) is 1. The molecule has 4 nitrogen and oxygen atoms in total. The van der Waals surface area contributed by atoms with Gasteiger partial charge in [0.25, 0.3) is 0 Å². The molecule has 1 aliphatic rings. The highest BCUT2D eigenvalue weighted by Crippen LogP contribution is 2.12. The van der Waals surface area contributed by atoms with Gasteiger partial charge in [-0.1, -0.05) is 30.3 Å². The molecule has 1 unspecified atom stereocenters. The van der Waals surface area contributed by atoms with E-state index >= 15 is 0 Å². The molecule has 116 valence electrons. The van der Waals surface area contributed by atoms with Gasteiger partial charge in [-0.3, -0.25) is 4.79 Å². The smallest absolute Gasteiger partial charge is 0.240 e. The van der Waals surface area contributed by atoms with E-state index in [-0.39, 0.29) is 11.9 Å². The van der Waals surface area contributed by atoms with Crippen molar-refractivity contribution >= 4 is 17.7 Å². The number of hydrogen-bond donors (Lipinski definition) is 2. The van der Waals surface area contributed by atoms with E-state index < -0.39 is 0 Å². The van der Waals surface area contributed by atoms with Gasteiger partial charge in [0.15, 0.2) is 0 Å². The Labute approximate surface area is 131 Å². The zero-order valence-electron chi connectivity index (χ0n) is 12.5. The third kappa shape index (κ3) is 5.34. The fourth-order valence-electron chi connectivity index (χ4n) is 2.48. The van der Waals surface area contributed by atoms with Crippen LogP contribution < -0.4 is 11.1 Å². The minimum absolute atomic E-state index is 0.137. The van der Waals surface area contributed by atoms with E-state index in [4.69, 9.17) is 5.73 Å². The van der Waals surface area contributed by atoms with Gasteiger partial charge in [-0.25, -0.2) is 0 Å². The van der Waals surface area contributed by atoms with Crippen LogP contribution in [0.5, 0.6) is 0 Å². The first-order valence-electron chi connectivity index (χ1n) is 7.65. The lowest BCUT2D eigenvalue weighted by Crippen LogP contribution is -2.50. The number of carbonyl (C=O) groups excluding carboxylic acids is 1. The summed E-state index contributed by atoms with van der Waals surface area (Å²) in [6.45, 7) is 3.18. The second-order valence-corrected chi connectivity index (χ2v) is 6.50. The maximum Gasteiger partial charge on any atom is 0.240 e. The number of rotatable bonds is 7. The zero-order valence-corrected chi connectivity index (χ0v) is 13.3. The summed E-state index contributed by atoms with van der Waals surface area (Å²) in [6.07, 6.45) is 1.64. The minimum Gasteiger partial charge on any atom is -0.340 e. The molecule has 1 aromatic carbocycles. The Kier molecular flexibility index (Phi) is 7.06. The fraction of sp³-hybridized carbons (Fsp3) is 0.562. The largest absolute Gasteiger partial charge is 0.340 e. The number of benzene rings is 1. The lowest BCUT2D eigenvalue weighted by molar-refractivity contribution is -0.133. The van der Waals surface area contributed by atoms with Crippen LogP contribution in [-0.4, -0.2) is 54.5 Å². The van der Waals surface area contributed by atoms with E-state index in [0.717, 1.165) is 44.0 Å². The Hall–Kier alpha value is -1.04. The number of carbonyl (C=O) groups is 1. The van der Waals surface area contributed by atoms with Crippen molar-refractivity contribution in [2.75, 3.05) is 37.7 Å². The highest BCUT2D eigenvalue weighted by Gasteiger charge is 2.25. The molecule has 21 heavy (non-hydrogen) atoms. The first-order chi connectivity index (χ1) is 10.3. The molecule has 0 spiro atoms. The van der Waals surface area contributed by atoms with Crippen LogP contribution in [0.3, 0.4) is 0 Å². The third-order valence-electron chi connectivity index (χ3n) is 3.68. The first-order valence-corrected chi connectivity index (χ1v) is 8.80. The topological polar surface area (TPSA) is 58.4 Å². The highest BCUT2D eigenvalue weighted by molar-refractivity contribution is 7.99. The molecular weight excluding hydrogens is 282 g/mol. The lowest BCUT2D eigenvalue weighted by Gasteiger charge is -2.30. The quantitative estimate of drug-likeness (QED) is 0.741. The SMILES string of the molecule is NCCCNC(Cc1ccccc1)C(=O)N1CCSCC1. The molecule has 0 radical (unpaired) electrons. The maximum absolute atomic E-state index is 12.7. The van der Waals surface area contributed by atoms with Crippen LogP contribution in [0.25, 0.3) is 0 Å². The summed E-state index contributed by atoms with van der Waals surface area (Å²) < 4.78 is 0. The molecule has 1 fully saturated rings. The van der Waals surface area contributed by atoms with Gasteiger partial charge in [0.2, 0.25) is 5.91 Å². The van der Waals surface area contributed by atoms with Gasteiger partial charge >= 0.3 is 0 Å². The number of hydrogen-bond acceptors (Lipinski definition) is 4. The van der Waals surface area contributed by atoms with Crippen molar-refractivity contribution in [3.63, 3.8) is 0 Å². The number of nitrogens with zero attached hydrogens (tertiary/aromatic N) is 1. The van der Waals surface area contributed by atoms with Crippen LogP contribution in [0.1, 0.15) is 12.0 Å². The molecule has 1 amide bonds. The summed E-state index contributed by atoms with van der Waals surface area (Å²) in [4.78, 5) is 14.7. The maximum atomic E-state index is 12.7. The number of thioether (sulfide) groups is 1. The van der Waals surface area contributed by atoms with Crippen LogP contribution in [0.4, 0.5) is 0 Å². The molecule has 0 aliphatic carbocycles. The minimum atomic E-state index is -0.137. The van der Waals surface area contributed by atoms with Crippen molar-refractivity contribution in [2.24, 2.45) is 5.73 Å². The van der Waals surface area contributed by atoms with Gasteiger partial charge in [0.05, 0.1) is 6.04 Å². The van der Waals surface area contributed by atoms with Crippen molar-refractivity contribution in [1.82, 2.24) is 10.2 Å². The van der Waals surface area contributed by atoms with E-state index in [9.17, 15) is 4.79 Å². The fourth-order valence-corrected chi connectivity index (χ4v) is 3.38. The molecular formula is C16H25N3OS. The first kappa shape index (κ1) is 16.3. The van der Waals surface area contributed by atoms with E-state index in [0.29, 0.717) is 6.54 Å². The monoisotopic (exact) mass is 307 g/mol. The van der Waals surface area contributed by atoms with Gasteiger partial charge < -0.3 is 16.0 Å². The molecule has 0 bridgehead atoms. The molecule has 2 rings (SSSR count). The summed E-state index contributed by atoms with van der Waals surface area (Å²) in [5.41, 5.74) is 6.74. The Morgan fingerprint density at radius 3 is 2.67 bits per heavy atom. The molecule has 3 N–H and O–H groups in total. The standard InChI is InChI=1S/C16H25N3OS/c17-7-4-8-18-15(13-14-5-2-1-3-6-14)16(20)19-9-11-21-12-10-19/h1-3,5-6,15,18H,4,7-13,17H2. The summed E-state index contributed by atoms with van der Waals surface area (Å²) in [5, 5.41) is 3.39. The summed E-state index contributed by atoms with van der Waals surface area (Å²) in [7, 11) is 0. The Morgan fingerprint density at radius 1 is 1.29 bits per heavy atom. The van der Waals surface area contributed by atoms with Gasteiger partial charge in [-0.05, 0) is 31.5 Å². The Morgan fingerprint density at radius 2 is 2.00 bits per heavy atom. The van der Waals surface area contributed by atoms with Crippen LogP contribution >= 0.6 is 11.8 Å². The summed E-state index contributed by atoms with van der Waals surface area (Å²) in [5.74, 6) is 2.33. The van der Waals surface area contributed by atoms with E-state index in [1.165, 1.54) is 5.56 Å².